The lowest BCUT2D eigenvalue weighted by Crippen LogP contribution is -2.52. The minimum atomic E-state index is -0.694. The highest BCUT2D eigenvalue weighted by molar-refractivity contribution is 5.93. The second-order valence-electron chi connectivity index (χ2n) is 8.26. The number of amides is 3. The van der Waals surface area contributed by atoms with Crippen LogP contribution < -0.4 is 10.6 Å². The number of nitrogens with one attached hydrogen (secondary N) is 1. The summed E-state index contributed by atoms with van der Waals surface area (Å²) in [4.78, 5) is 40.0. The van der Waals surface area contributed by atoms with Crippen LogP contribution in [0.15, 0.2) is 47.8 Å². The number of carbonyl (C=O) groups is 2. The van der Waals surface area contributed by atoms with Crippen molar-refractivity contribution in [2.24, 2.45) is 10.8 Å². The SMILES string of the molecule is NC(=O)c1c[nH]c(-c2ccnc(N3CCN(C(=O)N4N=CCC4c4cc(F)cc(F)c4)CC3)n2)c1. The first-order valence-electron chi connectivity index (χ1n) is 11.0. The smallest absolute Gasteiger partial charge is 0.341 e. The van der Waals surface area contributed by atoms with E-state index in [0.29, 0.717) is 61.1 Å². The fraction of sp³-hybridized carbons (Fsp3) is 0.261. The lowest BCUT2D eigenvalue weighted by Gasteiger charge is -2.37. The molecule has 1 fully saturated rings. The predicted molar refractivity (Wildman–Crippen MR) is 124 cm³/mol. The number of H-pyrrole nitrogens is 1. The molecule has 1 atom stereocenters. The van der Waals surface area contributed by atoms with E-state index in [0.717, 1.165) is 6.07 Å². The fourth-order valence-electron chi connectivity index (χ4n) is 4.22. The number of piperazine rings is 1. The maximum atomic E-state index is 13.7. The maximum absolute atomic E-state index is 13.7. The van der Waals surface area contributed by atoms with E-state index >= 15 is 0 Å². The number of hydrazone groups is 1. The Hall–Kier alpha value is -4.35. The summed E-state index contributed by atoms with van der Waals surface area (Å²) in [7, 11) is 0. The second kappa shape index (κ2) is 9.12. The Morgan fingerprint density at radius 2 is 1.80 bits per heavy atom. The van der Waals surface area contributed by atoms with Gasteiger partial charge < -0.3 is 20.5 Å². The standard InChI is InChI=1S/C23H22F2N8O2/c24-16-9-14(10-17(25)12-16)20-2-4-29-33(20)23(35)32-7-5-31(6-8-32)22-27-3-1-18(30-22)19-11-15(13-28-19)21(26)34/h1,3-4,9-13,20,28H,2,5-8H2,(H2,26,34). The lowest BCUT2D eigenvalue weighted by molar-refractivity contribution is 0.100. The summed E-state index contributed by atoms with van der Waals surface area (Å²) < 4.78 is 27.4. The van der Waals surface area contributed by atoms with E-state index in [1.54, 1.807) is 29.4 Å². The molecule has 0 bridgehead atoms. The van der Waals surface area contributed by atoms with Crippen molar-refractivity contribution < 1.29 is 18.4 Å². The number of primary amides is 1. The van der Waals surface area contributed by atoms with Crippen LogP contribution in [-0.2, 0) is 0 Å². The van der Waals surface area contributed by atoms with Crippen LogP contribution in [0, 0.1) is 11.6 Å². The van der Waals surface area contributed by atoms with Crippen molar-refractivity contribution in [2.45, 2.75) is 12.5 Å². The first kappa shape index (κ1) is 22.4. The third kappa shape index (κ3) is 4.54. The lowest BCUT2D eigenvalue weighted by atomic mass is 10.0. The van der Waals surface area contributed by atoms with Crippen LogP contribution in [-0.4, -0.2) is 69.2 Å². The number of urea groups is 1. The molecular formula is C23H22F2N8O2. The molecule has 2 aliphatic rings. The molecule has 35 heavy (non-hydrogen) atoms. The number of anilines is 1. The monoisotopic (exact) mass is 480 g/mol. The highest BCUT2D eigenvalue weighted by Crippen LogP contribution is 2.30. The average molecular weight is 480 g/mol. The molecule has 10 nitrogen and oxygen atoms in total. The molecule has 3 aromatic rings. The molecule has 180 valence electrons. The zero-order valence-corrected chi connectivity index (χ0v) is 18.6. The molecule has 4 heterocycles. The van der Waals surface area contributed by atoms with E-state index in [4.69, 9.17) is 5.73 Å². The van der Waals surface area contributed by atoms with Crippen molar-refractivity contribution >= 4 is 24.1 Å². The molecule has 3 N–H and O–H groups in total. The van der Waals surface area contributed by atoms with Gasteiger partial charge in [-0.05, 0) is 29.8 Å². The van der Waals surface area contributed by atoms with Gasteiger partial charge in [0.1, 0.15) is 11.6 Å². The van der Waals surface area contributed by atoms with E-state index in [9.17, 15) is 18.4 Å². The molecule has 0 aliphatic carbocycles. The number of carbonyl (C=O) groups excluding carboxylic acids is 2. The van der Waals surface area contributed by atoms with E-state index in [1.165, 1.54) is 23.3 Å². The number of aromatic nitrogens is 3. The number of hydrogen-bond acceptors (Lipinski definition) is 6. The normalized spacial score (nSPS) is 17.8. The van der Waals surface area contributed by atoms with Gasteiger partial charge in [-0.3, -0.25) is 4.79 Å². The van der Waals surface area contributed by atoms with Crippen molar-refractivity contribution in [1.29, 1.82) is 0 Å². The molecule has 5 rings (SSSR count). The average Bonchev–Trinajstić information content (AvgIpc) is 3.54. The summed E-state index contributed by atoms with van der Waals surface area (Å²) in [6.07, 6.45) is 5.11. The van der Waals surface area contributed by atoms with Crippen molar-refractivity contribution in [1.82, 2.24) is 24.9 Å². The maximum Gasteiger partial charge on any atom is 0.341 e. The molecular weight excluding hydrogens is 458 g/mol. The molecule has 0 spiro atoms. The molecule has 1 saturated heterocycles. The number of nitrogens with two attached hydrogens (primary N) is 1. The van der Waals surface area contributed by atoms with Crippen LogP contribution in [0.25, 0.3) is 11.4 Å². The number of halogens is 2. The predicted octanol–water partition coefficient (Wildman–Crippen LogP) is 2.52. The van der Waals surface area contributed by atoms with E-state index in [1.807, 2.05) is 4.90 Å². The summed E-state index contributed by atoms with van der Waals surface area (Å²) in [5.41, 5.74) is 7.28. The molecule has 1 unspecified atom stereocenters. The number of nitrogens with zero attached hydrogens (tertiary/aromatic N) is 6. The van der Waals surface area contributed by atoms with Gasteiger partial charge >= 0.3 is 6.03 Å². The first-order valence-corrected chi connectivity index (χ1v) is 11.0. The molecule has 1 aromatic carbocycles. The Balaban J connectivity index is 1.25. The zero-order valence-electron chi connectivity index (χ0n) is 18.6. The Bertz CT molecular complexity index is 1280. The van der Waals surface area contributed by atoms with Gasteiger partial charge in [-0.1, -0.05) is 0 Å². The van der Waals surface area contributed by atoms with Gasteiger partial charge in [0.15, 0.2) is 0 Å². The van der Waals surface area contributed by atoms with Gasteiger partial charge in [0.2, 0.25) is 11.9 Å². The molecule has 12 heteroatoms. The van der Waals surface area contributed by atoms with Gasteiger partial charge in [-0.15, -0.1) is 0 Å². The van der Waals surface area contributed by atoms with Gasteiger partial charge in [-0.2, -0.15) is 5.10 Å². The minimum Gasteiger partial charge on any atom is -0.366 e. The summed E-state index contributed by atoms with van der Waals surface area (Å²) in [5, 5.41) is 5.44. The third-order valence-corrected chi connectivity index (χ3v) is 6.01. The third-order valence-electron chi connectivity index (χ3n) is 6.01. The molecule has 2 aromatic heterocycles. The highest BCUT2D eigenvalue weighted by atomic mass is 19.1. The van der Waals surface area contributed by atoms with E-state index in [2.05, 4.69) is 20.1 Å². The molecule has 2 aliphatic heterocycles. The van der Waals surface area contributed by atoms with Gasteiger partial charge in [0.25, 0.3) is 0 Å². The van der Waals surface area contributed by atoms with E-state index in [-0.39, 0.29) is 6.03 Å². The number of rotatable bonds is 4. The summed E-state index contributed by atoms with van der Waals surface area (Å²) >= 11 is 0. The van der Waals surface area contributed by atoms with Crippen LogP contribution in [0.2, 0.25) is 0 Å². The first-order chi connectivity index (χ1) is 16.9. The number of benzene rings is 1. The largest absolute Gasteiger partial charge is 0.366 e. The second-order valence-corrected chi connectivity index (χ2v) is 8.26. The zero-order chi connectivity index (χ0) is 24.5. The highest BCUT2D eigenvalue weighted by Gasteiger charge is 2.33. The Morgan fingerprint density at radius 1 is 1.06 bits per heavy atom. The Labute approximate surface area is 199 Å². The van der Waals surface area contributed by atoms with Crippen LogP contribution in [0.3, 0.4) is 0 Å². The van der Waals surface area contributed by atoms with Gasteiger partial charge in [-0.25, -0.2) is 28.6 Å². The Morgan fingerprint density at radius 3 is 2.49 bits per heavy atom. The van der Waals surface area contributed by atoms with Crippen LogP contribution in [0.1, 0.15) is 28.4 Å². The van der Waals surface area contributed by atoms with Crippen molar-refractivity contribution in [3.63, 3.8) is 0 Å². The molecule has 0 saturated carbocycles. The molecule has 0 radical (unpaired) electrons. The quantitative estimate of drug-likeness (QED) is 0.594. The fourth-order valence-corrected chi connectivity index (χ4v) is 4.22. The summed E-state index contributed by atoms with van der Waals surface area (Å²) in [6, 6.07) is 5.71. The van der Waals surface area contributed by atoms with Crippen molar-refractivity contribution in [2.75, 3.05) is 31.1 Å². The number of aromatic amines is 1. The van der Waals surface area contributed by atoms with Crippen molar-refractivity contribution in [3.05, 3.63) is 65.5 Å². The van der Waals surface area contributed by atoms with Crippen LogP contribution in [0.5, 0.6) is 0 Å². The minimum absolute atomic E-state index is 0.326. The summed E-state index contributed by atoms with van der Waals surface area (Å²) in [6.45, 7) is 1.78. The van der Waals surface area contributed by atoms with E-state index < -0.39 is 23.6 Å². The molecule has 3 amide bonds. The number of hydrogen-bond donors (Lipinski definition) is 2. The van der Waals surface area contributed by atoms with Crippen molar-refractivity contribution in [3.8, 4) is 11.4 Å². The Kier molecular flexibility index (Phi) is 5.85. The summed E-state index contributed by atoms with van der Waals surface area (Å²) in [5.74, 6) is -1.42. The topological polar surface area (TPSA) is 124 Å². The van der Waals surface area contributed by atoms with Gasteiger partial charge in [0.05, 0.1) is 23.0 Å². The van der Waals surface area contributed by atoms with Crippen LogP contribution in [0.4, 0.5) is 19.5 Å². The van der Waals surface area contributed by atoms with Crippen LogP contribution >= 0.6 is 0 Å². The van der Waals surface area contributed by atoms with Gasteiger partial charge in [0, 0.05) is 57.3 Å².